The molecule has 0 radical (unpaired) electrons. The Hall–Kier alpha value is -2.60. The monoisotopic (exact) mass is 314 g/mol. The van der Waals surface area contributed by atoms with Crippen molar-refractivity contribution in [2.45, 2.75) is 28.2 Å². The van der Waals surface area contributed by atoms with Crippen molar-refractivity contribution >= 4 is 21.5 Å². The average Bonchev–Trinajstić information content (AvgIpc) is 2.63. The Morgan fingerprint density at radius 2 is 1.12 bits per heavy atom. The summed E-state index contributed by atoms with van der Waals surface area (Å²) in [6.45, 7) is 6.13. The third-order valence-electron chi connectivity index (χ3n) is 4.13. The Morgan fingerprint density at radius 3 is 1.79 bits per heavy atom. The van der Waals surface area contributed by atoms with Gasteiger partial charge in [-0.25, -0.2) is 0 Å². The Morgan fingerprint density at radius 1 is 0.583 bits per heavy atom. The molecule has 0 unspecified atom stereocenters. The Kier molecular flexibility index (Phi) is 5.76. The van der Waals surface area contributed by atoms with Crippen molar-refractivity contribution in [1.29, 1.82) is 0 Å². The first-order chi connectivity index (χ1) is 11.3. The van der Waals surface area contributed by atoms with E-state index < -0.39 is 0 Å². The number of fused-ring (bicyclic) bond motifs is 3. The van der Waals surface area contributed by atoms with Gasteiger partial charge in [-0.3, -0.25) is 0 Å². The van der Waals surface area contributed by atoms with Gasteiger partial charge in [0.2, 0.25) is 0 Å². The van der Waals surface area contributed by atoms with E-state index in [1.165, 1.54) is 38.2 Å². The van der Waals surface area contributed by atoms with Gasteiger partial charge in [0.25, 0.3) is 0 Å². The van der Waals surface area contributed by atoms with Gasteiger partial charge in [-0.2, -0.15) is 0 Å². The molecule has 0 N–H and O–H groups in total. The topological polar surface area (TPSA) is 0 Å². The van der Waals surface area contributed by atoms with Crippen LogP contribution in [0.5, 0.6) is 0 Å². The van der Waals surface area contributed by atoms with E-state index >= 15 is 0 Å². The molecule has 0 heteroatoms. The highest BCUT2D eigenvalue weighted by Gasteiger charge is 2.07. The third-order valence-corrected chi connectivity index (χ3v) is 4.13. The smallest absolute Gasteiger partial charge is 0.00990 e. The van der Waals surface area contributed by atoms with Gasteiger partial charge in [-0.15, -0.1) is 0 Å². The first-order valence-corrected chi connectivity index (χ1v) is 8.30. The molecule has 0 atom stereocenters. The van der Waals surface area contributed by atoms with E-state index in [-0.39, 0.29) is 7.43 Å². The standard InChI is InChI=1S/C21H16.C2H6.CH4/c1-15-10-12-16(13-11-15)21-14-17-6-2-3-7-18(17)19-8-4-5-9-20(19)21;1-2;/h2-14H,1H3;1-2H3;1H4. The van der Waals surface area contributed by atoms with Crippen LogP contribution in [0.1, 0.15) is 26.8 Å². The van der Waals surface area contributed by atoms with Crippen LogP contribution in [0.15, 0.2) is 78.9 Å². The van der Waals surface area contributed by atoms with Crippen molar-refractivity contribution in [1.82, 2.24) is 0 Å². The maximum atomic E-state index is 2.31. The van der Waals surface area contributed by atoms with Crippen LogP contribution in [0.25, 0.3) is 32.7 Å². The normalized spacial score (nSPS) is 9.96. The maximum absolute atomic E-state index is 2.31. The van der Waals surface area contributed by atoms with Crippen molar-refractivity contribution in [2.75, 3.05) is 0 Å². The number of rotatable bonds is 1. The largest absolute Gasteiger partial charge is 0.0776 e. The summed E-state index contributed by atoms with van der Waals surface area (Å²) in [7, 11) is 0. The third kappa shape index (κ3) is 3.19. The summed E-state index contributed by atoms with van der Waals surface area (Å²) >= 11 is 0. The lowest BCUT2D eigenvalue weighted by Crippen LogP contribution is -1.84. The van der Waals surface area contributed by atoms with Gasteiger partial charge >= 0.3 is 0 Å². The lowest BCUT2D eigenvalue weighted by molar-refractivity contribution is 1.47. The molecule has 0 bridgehead atoms. The van der Waals surface area contributed by atoms with Crippen molar-refractivity contribution in [3.05, 3.63) is 84.4 Å². The van der Waals surface area contributed by atoms with Gasteiger partial charge in [0.05, 0.1) is 0 Å². The number of benzene rings is 4. The molecule has 0 amide bonds. The van der Waals surface area contributed by atoms with Crippen LogP contribution < -0.4 is 0 Å². The van der Waals surface area contributed by atoms with E-state index in [2.05, 4.69) is 85.8 Å². The molecule has 24 heavy (non-hydrogen) atoms. The predicted molar refractivity (Wildman–Crippen MR) is 110 cm³/mol. The fourth-order valence-corrected chi connectivity index (χ4v) is 3.03. The molecule has 0 aliphatic carbocycles. The summed E-state index contributed by atoms with van der Waals surface area (Å²) in [5, 5.41) is 5.27. The Bertz CT molecular complexity index is 931. The minimum atomic E-state index is 0. The van der Waals surface area contributed by atoms with Crippen molar-refractivity contribution in [2.24, 2.45) is 0 Å². The lowest BCUT2D eigenvalue weighted by atomic mass is 9.93. The molecule has 122 valence electrons. The zero-order valence-corrected chi connectivity index (χ0v) is 14.0. The van der Waals surface area contributed by atoms with E-state index in [4.69, 9.17) is 0 Å². The molecule has 4 aromatic carbocycles. The van der Waals surface area contributed by atoms with Crippen LogP contribution >= 0.6 is 0 Å². The highest BCUT2D eigenvalue weighted by molar-refractivity contribution is 6.13. The molecule has 4 aromatic rings. The summed E-state index contributed by atoms with van der Waals surface area (Å²) in [5.74, 6) is 0. The molecule has 0 fully saturated rings. The quantitative estimate of drug-likeness (QED) is 0.317. The number of hydrogen-bond acceptors (Lipinski definition) is 0. The van der Waals surface area contributed by atoms with Gasteiger partial charge in [-0.05, 0) is 45.7 Å². The maximum Gasteiger partial charge on any atom is -0.00990 e. The van der Waals surface area contributed by atoms with Crippen LogP contribution in [0.2, 0.25) is 0 Å². The second-order valence-corrected chi connectivity index (χ2v) is 5.56. The van der Waals surface area contributed by atoms with Crippen LogP contribution in [0.3, 0.4) is 0 Å². The zero-order valence-electron chi connectivity index (χ0n) is 14.0. The Labute approximate surface area is 145 Å². The van der Waals surface area contributed by atoms with E-state index in [1.54, 1.807) is 0 Å². The van der Waals surface area contributed by atoms with Crippen LogP contribution in [0.4, 0.5) is 0 Å². The SMILES string of the molecule is C.CC.Cc1ccc(-c2cc3ccccc3c3ccccc23)cc1. The highest BCUT2D eigenvalue weighted by Crippen LogP contribution is 2.34. The molecule has 4 rings (SSSR count). The molecule has 0 spiro atoms. The Balaban J connectivity index is 0.000000670. The molecular weight excluding hydrogens is 288 g/mol. The van der Waals surface area contributed by atoms with Crippen LogP contribution in [0, 0.1) is 6.92 Å². The van der Waals surface area contributed by atoms with Gasteiger partial charge in [-0.1, -0.05) is 99.6 Å². The first-order valence-electron chi connectivity index (χ1n) is 8.30. The fourth-order valence-electron chi connectivity index (χ4n) is 3.03. The summed E-state index contributed by atoms with van der Waals surface area (Å²) in [6.07, 6.45) is 0. The van der Waals surface area contributed by atoms with Gasteiger partial charge < -0.3 is 0 Å². The van der Waals surface area contributed by atoms with Gasteiger partial charge in [0.15, 0.2) is 0 Å². The minimum Gasteiger partial charge on any atom is -0.0776 e. The zero-order chi connectivity index (χ0) is 16.2. The summed E-state index contributed by atoms with van der Waals surface area (Å²) in [4.78, 5) is 0. The molecule has 0 heterocycles. The molecule has 0 aliphatic heterocycles. The summed E-state index contributed by atoms with van der Waals surface area (Å²) < 4.78 is 0. The van der Waals surface area contributed by atoms with Crippen LogP contribution in [-0.2, 0) is 0 Å². The lowest BCUT2D eigenvalue weighted by Gasteiger charge is -2.11. The van der Waals surface area contributed by atoms with Crippen molar-refractivity contribution in [3.8, 4) is 11.1 Å². The predicted octanol–water partition coefficient (Wildman–Crippen LogP) is 7.63. The molecule has 0 nitrogen and oxygen atoms in total. The number of hydrogen-bond donors (Lipinski definition) is 0. The highest BCUT2D eigenvalue weighted by atomic mass is 14.1. The first kappa shape index (κ1) is 17.7. The van der Waals surface area contributed by atoms with Gasteiger partial charge in [0, 0.05) is 0 Å². The molecule has 0 aliphatic rings. The van der Waals surface area contributed by atoms with Crippen molar-refractivity contribution in [3.63, 3.8) is 0 Å². The van der Waals surface area contributed by atoms with E-state index in [1.807, 2.05) is 13.8 Å². The second-order valence-electron chi connectivity index (χ2n) is 5.56. The fraction of sp³-hybridized carbons (Fsp3) is 0.167. The summed E-state index contributed by atoms with van der Waals surface area (Å²) in [5.41, 5.74) is 3.88. The molecule has 0 saturated heterocycles. The summed E-state index contributed by atoms with van der Waals surface area (Å²) in [6, 6.07) is 28.4. The average molecular weight is 314 g/mol. The minimum absolute atomic E-state index is 0. The number of aryl methyl sites for hydroxylation is 1. The van der Waals surface area contributed by atoms with E-state index in [9.17, 15) is 0 Å². The molecule has 0 saturated carbocycles. The second kappa shape index (κ2) is 7.79. The van der Waals surface area contributed by atoms with Crippen molar-refractivity contribution < 1.29 is 0 Å². The van der Waals surface area contributed by atoms with E-state index in [0.29, 0.717) is 0 Å². The van der Waals surface area contributed by atoms with E-state index in [0.717, 1.165) is 0 Å². The molecular formula is C24H26. The molecule has 0 aromatic heterocycles. The van der Waals surface area contributed by atoms with Crippen LogP contribution in [-0.4, -0.2) is 0 Å². The van der Waals surface area contributed by atoms with Gasteiger partial charge in [0.1, 0.15) is 0 Å².